The molecule has 222 valence electrons. The van der Waals surface area contributed by atoms with Crippen LogP contribution in [0.2, 0.25) is 0 Å². The minimum absolute atomic E-state index is 0.240. The molecule has 1 fully saturated rings. The molecule has 0 aliphatic carbocycles. The van der Waals surface area contributed by atoms with Crippen LogP contribution in [0, 0.1) is 0 Å². The van der Waals surface area contributed by atoms with E-state index in [4.69, 9.17) is 9.31 Å². The number of hydrogen-bond donors (Lipinski definition) is 2. The first-order valence-electron chi connectivity index (χ1n) is 14.5. The Hall–Kier alpha value is -3.23. The summed E-state index contributed by atoms with van der Waals surface area (Å²) in [6.45, 7) is 15.9. The maximum atomic E-state index is 13.2. The van der Waals surface area contributed by atoms with Crippen LogP contribution >= 0.6 is 0 Å². The first-order chi connectivity index (χ1) is 19.4. The Morgan fingerprint density at radius 3 is 2.41 bits per heavy atom. The molecule has 1 aliphatic rings. The van der Waals surface area contributed by atoms with Gasteiger partial charge in [0.05, 0.1) is 17.2 Å². The van der Waals surface area contributed by atoms with E-state index in [0.717, 1.165) is 40.7 Å². The lowest BCUT2D eigenvalue weighted by Crippen LogP contribution is -2.41. The Kier molecular flexibility index (Phi) is 13.0. The number of anilines is 1. The van der Waals surface area contributed by atoms with Crippen molar-refractivity contribution in [1.82, 2.24) is 5.32 Å². The molecule has 7 nitrogen and oxygen atoms in total. The number of aryl methyl sites for hydroxylation is 1. The number of benzene rings is 1. The third-order valence-corrected chi connectivity index (χ3v) is 7.67. The van der Waals surface area contributed by atoms with Crippen molar-refractivity contribution < 1.29 is 18.9 Å². The summed E-state index contributed by atoms with van der Waals surface area (Å²) in [7, 11) is 3.14. The SMILES string of the molecule is C=C/C=C(\C=C/C)CC(/C=C(\CCC)C(=O)N[C@H](C=O)CCc1ccc(B2OC(C)(C)C(C)(C)O2)cc1NC)=NC. The normalized spacial score (nSPS) is 18.0. The number of amides is 1. The molecular weight excluding hydrogens is 513 g/mol. The molecule has 2 rings (SSSR count). The highest BCUT2D eigenvalue weighted by Gasteiger charge is 2.51. The third kappa shape index (κ3) is 9.40. The smallest absolute Gasteiger partial charge is 0.399 e. The van der Waals surface area contributed by atoms with Crippen LogP contribution in [0.1, 0.15) is 72.8 Å². The highest BCUT2D eigenvalue weighted by molar-refractivity contribution is 6.62. The largest absolute Gasteiger partial charge is 0.494 e. The number of aldehydes is 1. The first-order valence-corrected chi connectivity index (χ1v) is 14.5. The minimum Gasteiger partial charge on any atom is -0.399 e. The van der Waals surface area contributed by atoms with Crippen LogP contribution in [-0.4, -0.2) is 56.4 Å². The molecule has 1 atom stereocenters. The number of carbonyl (C=O) groups excluding carboxylic acids is 2. The van der Waals surface area contributed by atoms with Crippen LogP contribution in [-0.2, 0) is 25.3 Å². The van der Waals surface area contributed by atoms with Gasteiger partial charge in [-0.15, -0.1) is 0 Å². The van der Waals surface area contributed by atoms with E-state index in [9.17, 15) is 9.59 Å². The number of nitrogens with zero attached hydrogens (tertiary/aromatic N) is 1. The molecule has 2 N–H and O–H groups in total. The van der Waals surface area contributed by atoms with E-state index in [1.807, 2.05) is 91.1 Å². The number of hydrogen-bond acceptors (Lipinski definition) is 6. The molecule has 0 radical (unpaired) electrons. The van der Waals surface area contributed by atoms with Gasteiger partial charge in [-0.25, -0.2) is 0 Å². The Morgan fingerprint density at radius 2 is 1.88 bits per heavy atom. The molecule has 41 heavy (non-hydrogen) atoms. The van der Waals surface area contributed by atoms with Gasteiger partial charge < -0.3 is 24.7 Å². The zero-order chi connectivity index (χ0) is 30.6. The van der Waals surface area contributed by atoms with E-state index in [2.05, 4.69) is 22.2 Å². The van der Waals surface area contributed by atoms with Gasteiger partial charge >= 0.3 is 7.12 Å². The summed E-state index contributed by atoms with van der Waals surface area (Å²) in [6.07, 6.45) is 13.3. The van der Waals surface area contributed by atoms with E-state index < -0.39 is 24.4 Å². The van der Waals surface area contributed by atoms with Crippen LogP contribution in [0.25, 0.3) is 0 Å². The van der Waals surface area contributed by atoms with Crippen LogP contribution in [0.15, 0.2) is 71.3 Å². The van der Waals surface area contributed by atoms with Crippen LogP contribution in [0.4, 0.5) is 5.69 Å². The average Bonchev–Trinajstić information content (AvgIpc) is 3.16. The Labute approximate surface area is 247 Å². The zero-order valence-corrected chi connectivity index (χ0v) is 26.2. The Morgan fingerprint density at radius 1 is 1.20 bits per heavy atom. The van der Waals surface area contributed by atoms with Crippen LogP contribution in [0.5, 0.6) is 0 Å². The quantitative estimate of drug-likeness (QED) is 0.0968. The monoisotopic (exact) mass is 561 g/mol. The zero-order valence-electron chi connectivity index (χ0n) is 26.2. The van der Waals surface area contributed by atoms with Crippen molar-refractivity contribution in [3.63, 3.8) is 0 Å². The van der Waals surface area contributed by atoms with Crippen molar-refractivity contribution in [1.29, 1.82) is 0 Å². The first kappa shape index (κ1) is 34.0. The lowest BCUT2D eigenvalue weighted by Gasteiger charge is -2.32. The fourth-order valence-electron chi connectivity index (χ4n) is 4.58. The molecule has 1 amide bonds. The number of carbonyl (C=O) groups is 2. The number of allylic oxidation sites excluding steroid dienone is 6. The van der Waals surface area contributed by atoms with Crippen LogP contribution in [0.3, 0.4) is 0 Å². The topological polar surface area (TPSA) is 89.0 Å². The van der Waals surface area contributed by atoms with Crippen molar-refractivity contribution in [3.05, 3.63) is 71.9 Å². The molecule has 1 aromatic rings. The molecule has 1 aliphatic heterocycles. The Balaban J connectivity index is 2.13. The molecule has 0 bridgehead atoms. The second kappa shape index (κ2) is 15.7. The van der Waals surface area contributed by atoms with E-state index in [-0.39, 0.29) is 5.91 Å². The van der Waals surface area contributed by atoms with Gasteiger partial charge in [-0.3, -0.25) is 9.79 Å². The summed E-state index contributed by atoms with van der Waals surface area (Å²) < 4.78 is 12.4. The highest BCUT2D eigenvalue weighted by atomic mass is 16.7. The minimum atomic E-state index is -0.614. The lowest BCUT2D eigenvalue weighted by atomic mass is 9.78. The van der Waals surface area contributed by atoms with E-state index in [0.29, 0.717) is 31.3 Å². The van der Waals surface area contributed by atoms with E-state index in [1.54, 1.807) is 13.1 Å². The molecule has 0 aromatic heterocycles. The third-order valence-electron chi connectivity index (χ3n) is 7.67. The van der Waals surface area contributed by atoms with Gasteiger partial charge in [0.15, 0.2) is 0 Å². The molecule has 8 heteroatoms. The van der Waals surface area contributed by atoms with E-state index in [1.165, 1.54) is 0 Å². The van der Waals surface area contributed by atoms with Gasteiger partial charge in [0.1, 0.15) is 6.29 Å². The van der Waals surface area contributed by atoms with Gasteiger partial charge in [-0.1, -0.05) is 56.4 Å². The fourth-order valence-corrected chi connectivity index (χ4v) is 4.58. The second-order valence-electron chi connectivity index (χ2n) is 11.3. The number of rotatable bonds is 15. The van der Waals surface area contributed by atoms with Gasteiger partial charge in [0, 0.05) is 37.5 Å². The van der Waals surface area contributed by atoms with Gasteiger partial charge in [0.2, 0.25) is 5.91 Å². The summed E-state index contributed by atoms with van der Waals surface area (Å²) in [5.74, 6) is -0.240. The van der Waals surface area contributed by atoms with Crippen LogP contribution < -0.4 is 16.1 Å². The number of nitrogens with one attached hydrogen (secondary N) is 2. The predicted molar refractivity (Wildman–Crippen MR) is 172 cm³/mol. The standard InChI is InChI=1S/C33H48BN3O4/c1-10-13-24(14-11-2)20-29(35-8)21-26(15-12-3)31(39)37-28(23-38)19-17-25-16-18-27(22-30(25)36-9)34-40-32(4,5)33(6,7)41-34/h10-11,13-14,16,18,21-23,28,36H,1,12,15,17,19-20H2,2-9H3,(H,37,39)/b14-11-,24-13+,26-21+,35-29?/t28-/m0/s1. The summed E-state index contributed by atoms with van der Waals surface area (Å²) in [4.78, 5) is 29.6. The van der Waals surface area contributed by atoms with Crippen molar-refractivity contribution >= 4 is 36.2 Å². The van der Waals surface area contributed by atoms with E-state index >= 15 is 0 Å². The summed E-state index contributed by atoms with van der Waals surface area (Å²) in [5.41, 5.74) is 4.53. The molecule has 0 spiro atoms. The maximum Gasteiger partial charge on any atom is 0.494 e. The van der Waals surface area contributed by atoms with Gasteiger partial charge in [0.25, 0.3) is 0 Å². The molecule has 0 unspecified atom stereocenters. The van der Waals surface area contributed by atoms with Gasteiger partial charge in [-0.2, -0.15) is 0 Å². The summed E-state index contributed by atoms with van der Waals surface area (Å²) in [5, 5.41) is 6.19. The predicted octanol–water partition coefficient (Wildman–Crippen LogP) is 5.52. The lowest BCUT2D eigenvalue weighted by molar-refractivity contribution is -0.121. The average molecular weight is 562 g/mol. The highest BCUT2D eigenvalue weighted by Crippen LogP contribution is 2.36. The molecule has 0 saturated carbocycles. The Bertz CT molecular complexity index is 1180. The van der Waals surface area contributed by atoms with Gasteiger partial charge in [-0.05, 0) is 82.6 Å². The number of aliphatic imine (C=N–C) groups is 1. The van der Waals surface area contributed by atoms with Crippen molar-refractivity contribution in [2.24, 2.45) is 4.99 Å². The molecular formula is C33H48BN3O4. The molecule has 1 aromatic carbocycles. The molecule has 1 heterocycles. The maximum absolute atomic E-state index is 13.2. The van der Waals surface area contributed by atoms with Crippen molar-refractivity contribution in [2.75, 3.05) is 19.4 Å². The second-order valence-corrected chi connectivity index (χ2v) is 11.3. The van der Waals surface area contributed by atoms with Crippen molar-refractivity contribution in [3.8, 4) is 0 Å². The fraction of sp³-hybridized carbons (Fsp3) is 0.485. The summed E-state index contributed by atoms with van der Waals surface area (Å²) in [6, 6.07) is 5.45. The molecule has 1 saturated heterocycles. The summed E-state index contributed by atoms with van der Waals surface area (Å²) >= 11 is 0. The van der Waals surface area contributed by atoms with Crippen molar-refractivity contribution in [2.45, 2.75) is 90.9 Å².